The van der Waals surface area contributed by atoms with Gasteiger partial charge in [0.05, 0.1) is 0 Å². The van der Waals surface area contributed by atoms with E-state index in [2.05, 4.69) is 6.58 Å². The molecule has 1 fully saturated rings. The molecule has 0 aliphatic carbocycles. The smallest absolute Gasteiger partial charge is 0.327 e. The van der Waals surface area contributed by atoms with Crippen molar-refractivity contribution in [1.29, 1.82) is 0 Å². The predicted octanol–water partition coefficient (Wildman–Crippen LogP) is 1.61. The molecule has 6 heteroatoms. The van der Waals surface area contributed by atoms with Gasteiger partial charge < -0.3 is 15.1 Å². The minimum absolute atomic E-state index is 0.0490. The van der Waals surface area contributed by atoms with E-state index in [0.29, 0.717) is 5.56 Å². The third kappa shape index (κ3) is 2.44. The molecule has 1 aliphatic rings. The lowest BCUT2D eigenvalue weighted by atomic mass is 10.1. The third-order valence-corrected chi connectivity index (χ3v) is 4.22. The van der Waals surface area contributed by atoms with E-state index >= 15 is 0 Å². The number of aliphatic carboxylic acids is 1. The number of phenolic OH excluding ortho intramolecular Hbond substituents is 1. The number of phenols is 1. The summed E-state index contributed by atoms with van der Waals surface area (Å²) in [4.78, 5) is 24.3. The average Bonchev–Trinajstić information content (AvgIpc) is 2.83. The molecule has 0 aromatic heterocycles. The summed E-state index contributed by atoms with van der Waals surface area (Å²) >= 11 is 1.31. The number of thioether (sulfide) groups is 1. The fourth-order valence-corrected chi connectivity index (χ4v) is 3.47. The van der Waals surface area contributed by atoms with Crippen LogP contribution in [0.25, 0.3) is 0 Å². The Balaban J connectivity index is 2.40. The summed E-state index contributed by atoms with van der Waals surface area (Å²) in [6.45, 7) is 3.39. The van der Waals surface area contributed by atoms with Crippen LogP contribution in [0.3, 0.4) is 0 Å². The molecule has 19 heavy (non-hydrogen) atoms. The van der Waals surface area contributed by atoms with Crippen molar-refractivity contribution in [1.82, 2.24) is 4.90 Å². The number of para-hydroxylation sites is 1. The van der Waals surface area contributed by atoms with Gasteiger partial charge in [-0.2, -0.15) is 0 Å². The predicted molar refractivity (Wildman–Crippen MR) is 71.8 cm³/mol. The molecule has 0 spiro atoms. The van der Waals surface area contributed by atoms with Gasteiger partial charge in [0.2, 0.25) is 5.91 Å². The maximum atomic E-state index is 11.9. The minimum atomic E-state index is -1.05. The molecule has 0 saturated carbocycles. The average molecular weight is 279 g/mol. The lowest BCUT2D eigenvalue weighted by Crippen LogP contribution is -2.42. The van der Waals surface area contributed by atoms with Crippen molar-refractivity contribution < 1.29 is 19.8 Å². The van der Waals surface area contributed by atoms with Crippen LogP contribution in [0.4, 0.5) is 0 Å². The van der Waals surface area contributed by atoms with E-state index in [9.17, 15) is 14.7 Å². The molecule has 1 amide bonds. The van der Waals surface area contributed by atoms with E-state index in [1.165, 1.54) is 22.7 Å². The molecule has 2 unspecified atom stereocenters. The van der Waals surface area contributed by atoms with Crippen molar-refractivity contribution in [2.45, 2.75) is 11.4 Å². The largest absolute Gasteiger partial charge is 0.508 e. The Hall–Kier alpha value is -1.95. The second-order valence-electron chi connectivity index (χ2n) is 4.05. The van der Waals surface area contributed by atoms with Crippen LogP contribution in [0.1, 0.15) is 10.9 Å². The van der Waals surface area contributed by atoms with E-state index in [1.54, 1.807) is 18.2 Å². The Labute approximate surface area is 114 Å². The van der Waals surface area contributed by atoms with Gasteiger partial charge in [-0.25, -0.2) is 4.79 Å². The molecule has 2 atom stereocenters. The Bertz CT molecular complexity index is 531. The summed E-state index contributed by atoms with van der Waals surface area (Å²) in [7, 11) is 0. The minimum Gasteiger partial charge on any atom is -0.508 e. The summed E-state index contributed by atoms with van der Waals surface area (Å²) in [5.41, 5.74) is 0.534. The lowest BCUT2D eigenvalue weighted by molar-refractivity contribution is -0.147. The first kappa shape index (κ1) is 13.5. The second-order valence-corrected chi connectivity index (χ2v) is 5.16. The number of hydrogen-bond acceptors (Lipinski definition) is 4. The summed E-state index contributed by atoms with van der Waals surface area (Å²) in [5, 5.41) is 18.5. The molecule has 5 nitrogen and oxygen atoms in total. The van der Waals surface area contributed by atoms with Gasteiger partial charge in [0.1, 0.15) is 17.2 Å². The Morgan fingerprint density at radius 2 is 2.11 bits per heavy atom. The van der Waals surface area contributed by atoms with Gasteiger partial charge in [0.15, 0.2) is 0 Å². The normalized spacial score (nSPS) is 22.2. The van der Waals surface area contributed by atoms with Gasteiger partial charge >= 0.3 is 5.97 Å². The second kappa shape index (κ2) is 5.36. The van der Waals surface area contributed by atoms with Crippen molar-refractivity contribution in [3.63, 3.8) is 0 Å². The number of carboxylic acids is 1. The molecule has 100 valence electrons. The van der Waals surface area contributed by atoms with Crippen molar-refractivity contribution in [2.75, 3.05) is 5.75 Å². The van der Waals surface area contributed by atoms with E-state index in [4.69, 9.17) is 5.11 Å². The summed E-state index contributed by atoms with van der Waals surface area (Å²) in [6, 6.07) is 5.70. The van der Waals surface area contributed by atoms with E-state index < -0.39 is 23.3 Å². The first-order valence-corrected chi connectivity index (χ1v) is 6.68. The number of carbonyl (C=O) groups excluding carboxylic acids is 1. The molecule has 1 aromatic rings. The fraction of sp³-hybridized carbons (Fsp3) is 0.231. The number of carboxylic acid groups (broad SMARTS) is 1. The maximum absolute atomic E-state index is 11.9. The van der Waals surface area contributed by atoms with Crippen LogP contribution >= 0.6 is 11.8 Å². The molecule has 0 radical (unpaired) electrons. The van der Waals surface area contributed by atoms with Gasteiger partial charge in [-0.05, 0) is 12.1 Å². The van der Waals surface area contributed by atoms with E-state index in [0.717, 1.165) is 6.08 Å². The van der Waals surface area contributed by atoms with Gasteiger partial charge in [0, 0.05) is 11.3 Å². The Kier molecular flexibility index (Phi) is 3.80. The summed E-state index contributed by atoms with van der Waals surface area (Å²) < 4.78 is 0. The molecule has 0 bridgehead atoms. The van der Waals surface area contributed by atoms with Crippen LogP contribution < -0.4 is 0 Å². The van der Waals surface area contributed by atoms with Crippen LogP contribution in [0, 0.1) is 0 Å². The standard InChI is InChI=1S/C13H13NO4S/c1-2-11(16)14-9(13(17)18)7-19-12(14)8-5-3-4-6-10(8)15/h2-6,9,12,15H,1,7H2,(H,17,18). The van der Waals surface area contributed by atoms with E-state index in [-0.39, 0.29) is 11.5 Å². The molecule has 1 heterocycles. The SMILES string of the molecule is C=CC(=O)N1C(C(=O)O)CSC1c1ccccc1O. The summed E-state index contributed by atoms with van der Waals surface area (Å²) in [6.07, 6.45) is 1.09. The van der Waals surface area contributed by atoms with Crippen LogP contribution in [0.15, 0.2) is 36.9 Å². The number of rotatable bonds is 3. The highest BCUT2D eigenvalue weighted by Crippen LogP contribution is 2.44. The number of benzene rings is 1. The van der Waals surface area contributed by atoms with Crippen LogP contribution in [0.2, 0.25) is 0 Å². The highest BCUT2D eigenvalue weighted by Gasteiger charge is 2.42. The molecule has 2 rings (SSSR count). The fourth-order valence-electron chi connectivity index (χ4n) is 2.01. The van der Waals surface area contributed by atoms with Gasteiger partial charge in [0.25, 0.3) is 0 Å². The quantitative estimate of drug-likeness (QED) is 0.822. The molecule has 1 aliphatic heterocycles. The van der Waals surface area contributed by atoms with Gasteiger partial charge in [-0.3, -0.25) is 4.79 Å². The van der Waals surface area contributed by atoms with Crippen molar-refractivity contribution in [3.05, 3.63) is 42.5 Å². The zero-order valence-corrected chi connectivity index (χ0v) is 10.8. The zero-order chi connectivity index (χ0) is 14.0. The summed E-state index contributed by atoms with van der Waals surface area (Å²) in [5.74, 6) is -1.17. The molecular weight excluding hydrogens is 266 g/mol. The molecule has 2 N–H and O–H groups in total. The van der Waals surface area contributed by atoms with Gasteiger partial charge in [-0.15, -0.1) is 11.8 Å². The number of nitrogens with zero attached hydrogens (tertiary/aromatic N) is 1. The molecular formula is C13H13NO4S. The topological polar surface area (TPSA) is 77.8 Å². The Morgan fingerprint density at radius 1 is 1.42 bits per heavy atom. The number of aromatic hydroxyl groups is 1. The highest BCUT2D eigenvalue weighted by molar-refractivity contribution is 7.99. The van der Waals surface area contributed by atoms with Crippen LogP contribution in [-0.2, 0) is 9.59 Å². The van der Waals surface area contributed by atoms with Crippen LogP contribution in [-0.4, -0.2) is 38.8 Å². The first-order valence-electron chi connectivity index (χ1n) is 5.63. The third-order valence-electron chi connectivity index (χ3n) is 2.92. The van der Waals surface area contributed by atoms with E-state index in [1.807, 2.05) is 0 Å². The van der Waals surface area contributed by atoms with Crippen molar-refractivity contribution >= 4 is 23.6 Å². The van der Waals surface area contributed by atoms with Crippen LogP contribution in [0.5, 0.6) is 5.75 Å². The van der Waals surface area contributed by atoms with Crippen molar-refractivity contribution in [3.8, 4) is 5.75 Å². The first-order chi connectivity index (χ1) is 9.06. The van der Waals surface area contributed by atoms with Crippen molar-refractivity contribution in [2.24, 2.45) is 0 Å². The number of amides is 1. The maximum Gasteiger partial charge on any atom is 0.327 e. The Morgan fingerprint density at radius 3 is 2.68 bits per heavy atom. The zero-order valence-electron chi connectivity index (χ0n) is 10.0. The molecule has 1 aromatic carbocycles. The molecule has 1 saturated heterocycles. The number of carbonyl (C=O) groups is 2. The highest BCUT2D eigenvalue weighted by atomic mass is 32.2. The monoisotopic (exact) mass is 279 g/mol. The van der Waals surface area contributed by atoms with Gasteiger partial charge in [-0.1, -0.05) is 24.8 Å². The lowest BCUT2D eigenvalue weighted by Gasteiger charge is -2.26. The number of hydrogen-bond donors (Lipinski definition) is 2.